The van der Waals surface area contributed by atoms with E-state index in [2.05, 4.69) is 4.98 Å². The van der Waals surface area contributed by atoms with E-state index in [0.717, 1.165) is 0 Å². The van der Waals surface area contributed by atoms with Crippen LogP contribution in [0.5, 0.6) is 0 Å². The Morgan fingerprint density at radius 2 is 1.48 bits per heavy atom. The minimum atomic E-state index is -3.62. The summed E-state index contributed by atoms with van der Waals surface area (Å²) in [6.07, 6.45) is 7.59. The first-order valence-corrected chi connectivity index (χ1v) is 15.3. The van der Waals surface area contributed by atoms with Crippen LogP contribution in [0, 0.1) is 0 Å². The van der Waals surface area contributed by atoms with Crippen LogP contribution in [0.3, 0.4) is 0 Å². The number of benzene rings is 3. The maximum Gasteiger partial charge on any atom is 0.265 e. The zero-order valence-electron chi connectivity index (χ0n) is 22.3. The second-order valence-corrected chi connectivity index (χ2v) is 12.5. The maximum absolute atomic E-state index is 13.3. The third kappa shape index (κ3) is 5.07. The number of nitrogens with zero attached hydrogens (tertiary/aromatic N) is 4. The van der Waals surface area contributed by atoms with E-state index in [-0.39, 0.29) is 24.6 Å². The smallest absolute Gasteiger partial charge is 0.265 e. The zero-order valence-corrected chi connectivity index (χ0v) is 23.1. The Balaban J connectivity index is 1.10. The second-order valence-electron chi connectivity index (χ2n) is 10.6. The molecule has 2 heterocycles. The van der Waals surface area contributed by atoms with Gasteiger partial charge in [0.1, 0.15) is 6.33 Å². The van der Waals surface area contributed by atoms with Crippen molar-refractivity contribution in [3.8, 4) is 5.69 Å². The fourth-order valence-corrected chi connectivity index (χ4v) is 7.25. The summed E-state index contributed by atoms with van der Waals surface area (Å²) < 4.78 is 29.5. The van der Waals surface area contributed by atoms with Crippen molar-refractivity contribution < 1.29 is 13.2 Å². The first-order valence-electron chi connectivity index (χ1n) is 13.9. The van der Waals surface area contributed by atoms with Crippen LogP contribution in [0.25, 0.3) is 16.6 Å². The Morgan fingerprint density at radius 3 is 2.17 bits per heavy atom. The average molecular weight is 557 g/mol. The van der Waals surface area contributed by atoms with Crippen LogP contribution in [0.1, 0.15) is 53.9 Å². The van der Waals surface area contributed by atoms with Crippen molar-refractivity contribution in [2.75, 3.05) is 26.2 Å². The summed E-state index contributed by atoms with van der Waals surface area (Å²) in [6.45, 7) is 1.12. The molecule has 0 unspecified atom stereocenters. The molecule has 6 rings (SSSR count). The molecule has 2 fully saturated rings. The third-order valence-electron chi connectivity index (χ3n) is 8.18. The Bertz CT molecular complexity index is 1680. The molecule has 0 radical (unpaired) electrons. The van der Waals surface area contributed by atoms with Gasteiger partial charge in [0.25, 0.3) is 11.5 Å². The predicted molar refractivity (Wildman–Crippen MR) is 154 cm³/mol. The highest BCUT2D eigenvalue weighted by molar-refractivity contribution is 7.89. The van der Waals surface area contributed by atoms with Gasteiger partial charge in [0.05, 0.1) is 21.5 Å². The molecule has 4 aromatic rings. The minimum Gasteiger partial charge on any atom is -0.336 e. The molecule has 206 valence electrons. The number of hydrogen-bond acceptors (Lipinski definition) is 5. The van der Waals surface area contributed by atoms with Gasteiger partial charge in [-0.1, -0.05) is 43.5 Å². The van der Waals surface area contributed by atoms with Gasteiger partial charge in [-0.15, -0.1) is 0 Å². The molecule has 1 saturated carbocycles. The lowest BCUT2D eigenvalue weighted by molar-refractivity contribution is 0.0698. The number of rotatable bonds is 5. The number of piperazine rings is 1. The molecule has 40 heavy (non-hydrogen) atoms. The molecule has 0 spiro atoms. The molecule has 1 aliphatic heterocycles. The van der Waals surface area contributed by atoms with Crippen molar-refractivity contribution in [3.05, 3.63) is 101 Å². The number of hydrogen-bond donors (Lipinski definition) is 0. The van der Waals surface area contributed by atoms with Gasteiger partial charge in [-0.05, 0) is 72.9 Å². The molecule has 0 bridgehead atoms. The van der Waals surface area contributed by atoms with Crippen molar-refractivity contribution >= 4 is 26.8 Å². The van der Waals surface area contributed by atoms with Crippen molar-refractivity contribution in [1.29, 1.82) is 0 Å². The quantitative estimate of drug-likeness (QED) is 0.359. The number of amides is 1. The summed E-state index contributed by atoms with van der Waals surface area (Å²) in [5, 5.41) is 0.526. The highest BCUT2D eigenvalue weighted by Crippen LogP contribution is 2.33. The summed E-state index contributed by atoms with van der Waals surface area (Å²) in [4.78, 5) is 32.4. The third-order valence-corrected chi connectivity index (χ3v) is 10.1. The van der Waals surface area contributed by atoms with Crippen LogP contribution in [-0.4, -0.2) is 59.3 Å². The van der Waals surface area contributed by atoms with E-state index in [9.17, 15) is 18.0 Å². The fraction of sp³-hybridized carbons (Fsp3) is 0.323. The van der Waals surface area contributed by atoms with Crippen molar-refractivity contribution in [2.24, 2.45) is 0 Å². The van der Waals surface area contributed by atoms with Crippen LogP contribution in [0.15, 0.2) is 88.8 Å². The van der Waals surface area contributed by atoms with Gasteiger partial charge in [-0.25, -0.2) is 13.4 Å². The summed E-state index contributed by atoms with van der Waals surface area (Å²) >= 11 is 0. The number of aromatic nitrogens is 2. The van der Waals surface area contributed by atoms with Crippen LogP contribution in [-0.2, 0) is 10.0 Å². The molecule has 0 atom stereocenters. The molecule has 1 amide bonds. The van der Waals surface area contributed by atoms with Crippen molar-refractivity contribution in [2.45, 2.75) is 42.9 Å². The van der Waals surface area contributed by atoms with Crippen LogP contribution < -0.4 is 5.56 Å². The summed E-state index contributed by atoms with van der Waals surface area (Å²) in [5.74, 6) is 0.365. The predicted octanol–water partition coefficient (Wildman–Crippen LogP) is 4.58. The van der Waals surface area contributed by atoms with Crippen LogP contribution >= 0.6 is 0 Å². The van der Waals surface area contributed by atoms with E-state index in [4.69, 9.17) is 0 Å². The lowest BCUT2D eigenvalue weighted by Gasteiger charge is -2.34. The topological polar surface area (TPSA) is 92.6 Å². The van der Waals surface area contributed by atoms with Gasteiger partial charge in [-0.2, -0.15) is 4.31 Å². The van der Waals surface area contributed by atoms with Gasteiger partial charge in [-0.3, -0.25) is 14.2 Å². The normalized spacial score (nSPS) is 17.2. The van der Waals surface area contributed by atoms with E-state index >= 15 is 0 Å². The number of carbonyl (C=O) groups excluding carboxylic acids is 1. The monoisotopic (exact) mass is 556 g/mol. The first-order chi connectivity index (χ1) is 19.4. The standard InChI is InChI=1S/C31H32N4O4S/c36-30(25-10-14-26(15-11-25)35-22-32-29-9-5-4-8-28(29)31(35)37)33-18-20-34(21-19-33)40(38,39)27-16-12-24(13-17-27)23-6-2-1-3-7-23/h4-5,8-17,22-23H,1-3,6-7,18-21H2. The van der Waals surface area contributed by atoms with E-state index in [1.54, 1.807) is 59.5 Å². The second kappa shape index (κ2) is 11.0. The number of para-hydroxylation sites is 1. The van der Waals surface area contributed by atoms with Gasteiger partial charge in [0, 0.05) is 31.7 Å². The highest BCUT2D eigenvalue weighted by atomic mass is 32.2. The van der Waals surface area contributed by atoms with Crippen molar-refractivity contribution in [3.63, 3.8) is 0 Å². The summed E-state index contributed by atoms with van der Waals surface area (Å²) in [6, 6.07) is 21.4. The molecule has 1 aromatic heterocycles. The van der Waals surface area contributed by atoms with Gasteiger partial charge in [0.2, 0.25) is 10.0 Å². The molecule has 1 aliphatic carbocycles. The molecule has 2 aliphatic rings. The summed E-state index contributed by atoms with van der Waals surface area (Å²) in [7, 11) is -3.62. The molecule has 8 nitrogen and oxygen atoms in total. The summed E-state index contributed by atoms with van der Waals surface area (Å²) in [5.41, 5.74) is 2.78. The Morgan fingerprint density at radius 1 is 0.800 bits per heavy atom. The lowest BCUT2D eigenvalue weighted by Crippen LogP contribution is -2.50. The van der Waals surface area contributed by atoms with Crippen LogP contribution in [0.4, 0.5) is 0 Å². The Hall–Kier alpha value is -3.82. The molecule has 9 heteroatoms. The van der Waals surface area contributed by atoms with Gasteiger partial charge in [0.15, 0.2) is 0 Å². The van der Waals surface area contributed by atoms with Gasteiger partial charge >= 0.3 is 0 Å². The highest BCUT2D eigenvalue weighted by Gasteiger charge is 2.30. The Labute approximate surface area is 233 Å². The van der Waals surface area contributed by atoms with E-state index in [1.807, 2.05) is 18.2 Å². The average Bonchev–Trinajstić information content (AvgIpc) is 3.02. The van der Waals surface area contributed by atoms with E-state index < -0.39 is 10.0 Å². The number of fused-ring (bicyclic) bond motifs is 1. The SMILES string of the molecule is O=C(c1ccc(-n2cnc3ccccc3c2=O)cc1)N1CCN(S(=O)(=O)c2ccc(C3CCCCC3)cc2)CC1. The van der Waals surface area contributed by atoms with Gasteiger partial charge < -0.3 is 4.90 Å². The number of sulfonamides is 1. The zero-order chi connectivity index (χ0) is 27.7. The lowest BCUT2D eigenvalue weighted by atomic mass is 9.84. The largest absolute Gasteiger partial charge is 0.336 e. The van der Waals surface area contributed by atoms with E-state index in [0.29, 0.717) is 46.1 Å². The molecule has 0 N–H and O–H groups in total. The number of carbonyl (C=O) groups is 1. The maximum atomic E-state index is 13.3. The van der Waals surface area contributed by atoms with E-state index in [1.165, 1.54) is 52.9 Å². The molecule has 1 saturated heterocycles. The molecular weight excluding hydrogens is 524 g/mol. The fourth-order valence-electron chi connectivity index (χ4n) is 5.83. The van der Waals surface area contributed by atoms with Crippen LogP contribution in [0.2, 0.25) is 0 Å². The minimum absolute atomic E-state index is 0.163. The first kappa shape index (κ1) is 26.4. The molecular formula is C31H32N4O4S. The Kier molecular flexibility index (Phi) is 7.25. The van der Waals surface area contributed by atoms with Crippen molar-refractivity contribution in [1.82, 2.24) is 18.8 Å². The molecule has 3 aromatic carbocycles.